The Morgan fingerprint density at radius 3 is 2.54 bits per heavy atom. The van der Waals surface area contributed by atoms with Gasteiger partial charge in [-0.05, 0) is 57.7 Å². The number of carbonyl (C=O) groups is 1. The minimum atomic E-state index is -0.503. The van der Waals surface area contributed by atoms with E-state index in [4.69, 9.17) is 10.6 Å². The number of benzene rings is 1. The summed E-state index contributed by atoms with van der Waals surface area (Å²) < 4.78 is 1.77. The maximum atomic E-state index is 12.7. The van der Waals surface area contributed by atoms with E-state index in [2.05, 4.69) is 0 Å². The van der Waals surface area contributed by atoms with Crippen LogP contribution in [0.1, 0.15) is 33.6 Å². The molecule has 0 atom stereocenters. The van der Waals surface area contributed by atoms with Crippen molar-refractivity contribution in [2.75, 3.05) is 18.8 Å². The Bertz CT molecular complexity index is 859. The average Bonchev–Trinajstić information content (AvgIpc) is 2.59. The highest BCUT2D eigenvalue weighted by Gasteiger charge is 2.28. The van der Waals surface area contributed by atoms with Crippen LogP contribution in [0.5, 0.6) is 0 Å². The van der Waals surface area contributed by atoms with Crippen LogP contribution in [0.4, 0.5) is 5.69 Å². The highest BCUT2D eigenvalue weighted by molar-refractivity contribution is 5.91. The molecule has 1 aromatic carbocycles. The normalized spacial score (nSPS) is 16.7. The zero-order valence-corrected chi connectivity index (χ0v) is 15.7. The SMILES string of the molecule is CC(C)(C)C(=O)ON1CCC(Cn2ccc3c(N)cccc3c2=O)CC1. The number of hydrogen-bond donors (Lipinski definition) is 1. The zero-order valence-electron chi connectivity index (χ0n) is 15.7. The van der Waals surface area contributed by atoms with E-state index in [-0.39, 0.29) is 11.5 Å². The van der Waals surface area contributed by atoms with Crippen molar-refractivity contribution in [2.24, 2.45) is 11.3 Å². The van der Waals surface area contributed by atoms with Gasteiger partial charge in [0.15, 0.2) is 0 Å². The van der Waals surface area contributed by atoms with Crippen molar-refractivity contribution in [1.82, 2.24) is 9.63 Å². The van der Waals surface area contributed by atoms with E-state index >= 15 is 0 Å². The topological polar surface area (TPSA) is 77.6 Å². The van der Waals surface area contributed by atoms with Gasteiger partial charge >= 0.3 is 5.97 Å². The number of pyridine rings is 1. The van der Waals surface area contributed by atoms with Gasteiger partial charge in [-0.25, -0.2) is 4.79 Å². The molecule has 2 N–H and O–H groups in total. The Balaban J connectivity index is 1.63. The molecule has 2 aromatic rings. The number of fused-ring (bicyclic) bond motifs is 1. The molecule has 2 heterocycles. The molecular formula is C20H27N3O3. The van der Waals surface area contributed by atoms with Crippen molar-refractivity contribution in [2.45, 2.75) is 40.2 Å². The molecule has 140 valence electrons. The fourth-order valence-electron chi connectivity index (χ4n) is 3.20. The van der Waals surface area contributed by atoms with Gasteiger partial charge in [-0.3, -0.25) is 4.79 Å². The number of piperidine rings is 1. The lowest BCUT2D eigenvalue weighted by atomic mass is 9.97. The molecule has 6 heteroatoms. The van der Waals surface area contributed by atoms with Gasteiger partial charge in [0.05, 0.1) is 5.41 Å². The van der Waals surface area contributed by atoms with Gasteiger partial charge in [-0.1, -0.05) is 6.07 Å². The van der Waals surface area contributed by atoms with Gasteiger partial charge in [-0.15, -0.1) is 5.06 Å². The predicted molar refractivity (Wildman–Crippen MR) is 102 cm³/mol. The van der Waals surface area contributed by atoms with E-state index in [0.717, 1.165) is 18.2 Å². The van der Waals surface area contributed by atoms with Crippen LogP contribution in [-0.4, -0.2) is 28.7 Å². The van der Waals surface area contributed by atoms with E-state index in [1.54, 1.807) is 15.7 Å². The van der Waals surface area contributed by atoms with E-state index in [9.17, 15) is 9.59 Å². The fourth-order valence-corrected chi connectivity index (χ4v) is 3.20. The molecule has 0 aliphatic carbocycles. The molecule has 1 aliphatic heterocycles. The van der Waals surface area contributed by atoms with Gasteiger partial charge in [0.1, 0.15) is 0 Å². The van der Waals surface area contributed by atoms with Crippen LogP contribution in [0.15, 0.2) is 35.3 Å². The number of hydroxylamine groups is 2. The number of hydrogen-bond acceptors (Lipinski definition) is 5. The third kappa shape index (κ3) is 3.90. The van der Waals surface area contributed by atoms with Crippen LogP contribution in [0.2, 0.25) is 0 Å². The van der Waals surface area contributed by atoms with Crippen LogP contribution in [0, 0.1) is 11.3 Å². The van der Waals surface area contributed by atoms with Gasteiger partial charge in [0.25, 0.3) is 5.56 Å². The van der Waals surface area contributed by atoms with Gasteiger partial charge < -0.3 is 15.1 Å². The maximum absolute atomic E-state index is 12.7. The van der Waals surface area contributed by atoms with Crippen LogP contribution in [0.25, 0.3) is 10.8 Å². The molecule has 26 heavy (non-hydrogen) atoms. The zero-order chi connectivity index (χ0) is 18.9. The van der Waals surface area contributed by atoms with Crippen LogP contribution >= 0.6 is 0 Å². The summed E-state index contributed by atoms with van der Waals surface area (Å²) in [5.41, 5.74) is 6.07. The first kappa shape index (κ1) is 18.5. The lowest BCUT2D eigenvalue weighted by Crippen LogP contribution is -2.40. The molecule has 1 aromatic heterocycles. The maximum Gasteiger partial charge on any atom is 0.330 e. The third-order valence-corrected chi connectivity index (χ3v) is 4.91. The largest absolute Gasteiger partial charge is 0.398 e. The van der Waals surface area contributed by atoms with Crippen molar-refractivity contribution in [3.05, 3.63) is 40.8 Å². The fraction of sp³-hybridized carbons (Fsp3) is 0.500. The molecule has 0 bridgehead atoms. The molecule has 3 rings (SSSR count). The first-order chi connectivity index (χ1) is 12.3. The molecule has 0 spiro atoms. The number of nitrogen functional groups attached to an aromatic ring is 1. The summed E-state index contributed by atoms with van der Waals surface area (Å²) in [5.74, 6) is 0.176. The quantitative estimate of drug-likeness (QED) is 0.855. The Morgan fingerprint density at radius 1 is 1.19 bits per heavy atom. The predicted octanol–water partition coefficient (Wildman–Crippen LogP) is 2.80. The highest BCUT2D eigenvalue weighted by Crippen LogP contribution is 2.23. The number of aromatic nitrogens is 1. The van der Waals surface area contributed by atoms with E-state index in [1.807, 2.05) is 45.2 Å². The Labute approximate surface area is 153 Å². The summed E-state index contributed by atoms with van der Waals surface area (Å²) in [6, 6.07) is 7.34. The molecular weight excluding hydrogens is 330 g/mol. The second kappa shape index (κ2) is 7.11. The number of nitrogens with two attached hydrogens (primary N) is 1. The standard InChI is InChI=1S/C20H27N3O3/c1-20(2,3)19(25)26-23-11-7-14(8-12-23)13-22-10-9-15-16(18(22)24)5-4-6-17(15)21/h4-6,9-10,14H,7-8,11-13,21H2,1-3H3. The number of nitrogens with zero attached hydrogens (tertiary/aromatic N) is 2. The van der Waals surface area contributed by atoms with E-state index < -0.39 is 5.41 Å². The van der Waals surface area contributed by atoms with Crippen LogP contribution in [0.3, 0.4) is 0 Å². The Hall–Kier alpha value is -2.34. The van der Waals surface area contributed by atoms with Crippen molar-refractivity contribution in [3.63, 3.8) is 0 Å². The average molecular weight is 357 g/mol. The van der Waals surface area contributed by atoms with Crippen LogP contribution in [-0.2, 0) is 16.2 Å². The van der Waals surface area contributed by atoms with Gasteiger partial charge in [0.2, 0.25) is 0 Å². The second-order valence-corrected chi connectivity index (χ2v) is 8.08. The molecule has 0 amide bonds. The van der Waals surface area contributed by atoms with Gasteiger partial charge in [0, 0.05) is 42.3 Å². The minimum Gasteiger partial charge on any atom is -0.398 e. The molecule has 0 unspecified atom stereocenters. The monoisotopic (exact) mass is 357 g/mol. The molecule has 1 saturated heterocycles. The number of anilines is 1. The summed E-state index contributed by atoms with van der Waals surface area (Å²) in [5, 5.41) is 3.20. The lowest BCUT2D eigenvalue weighted by Gasteiger charge is -2.32. The summed E-state index contributed by atoms with van der Waals surface area (Å²) in [6.07, 6.45) is 3.60. The molecule has 1 fully saturated rings. The molecule has 1 aliphatic rings. The van der Waals surface area contributed by atoms with Crippen molar-refractivity contribution in [1.29, 1.82) is 0 Å². The summed E-state index contributed by atoms with van der Waals surface area (Å²) in [6.45, 7) is 7.61. The van der Waals surface area contributed by atoms with E-state index in [0.29, 0.717) is 36.6 Å². The van der Waals surface area contributed by atoms with Crippen molar-refractivity contribution >= 4 is 22.4 Å². The first-order valence-electron chi connectivity index (χ1n) is 9.10. The van der Waals surface area contributed by atoms with Gasteiger partial charge in [-0.2, -0.15) is 0 Å². The summed E-state index contributed by atoms with van der Waals surface area (Å²) in [7, 11) is 0. The number of rotatable bonds is 3. The summed E-state index contributed by atoms with van der Waals surface area (Å²) >= 11 is 0. The Kier molecular flexibility index (Phi) is 5.05. The Morgan fingerprint density at radius 2 is 1.88 bits per heavy atom. The lowest BCUT2D eigenvalue weighted by molar-refractivity contribution is -0.206. The number of carbonyl (C=O) groups excluding carboxylic acids is 1. The first-order valence-corrected chi connectivity index (χ1v) is 9.10. The second-order valence-electron chi connectivity index (χ2n) is 8.08. The van der Waals surface area contributed by atoms with Crippen molar-refractivity contribution in [3.8, 4) is 0 Å². The van der Waals surface area contributed by atoms with E-state index in [1.165, 1.54) is 0 Å². The summed E-state index contributed by atoms with van der Waals surface area (Å²) in [4.78, 5) is 30.1. The van der Waals surface area contributed by atoms with Crippen molar-refractivity contribution < 1.29 is 9.63 Å². The minimum absolute atomic E-state index is 0.00334. The third-order valence-electron chi connectivity index (χ3n) is 4.91. The molecule has 6 nitrogen and oxygen atoms in total. The smallest absolute Gasteiger partial charge is 0.330 e. The van der Waals surface area contributed by atoms with Crippen LogP contribution < -0.4 is 11.3 Å². The highest BCUT2D eigenvalue weighted by atomic mass is 16.7. The molecule has 0 radical (unpaired) electrons. The molecule has 0 saturated carbocycles.